The molecule has 0 saturated heterocycles. The Bertz CT molecular complexity index is 123. The largest absolute Gasteiger partial charge is 0.393 e. The average molecular weight is 176 g/mol. The Hall–Kier alpha value is -0.163. The van der Waals surface area contributed by atoms with Gasteiger partial charge in [-0.1, -0.05) is 6.92 Å². The van der Waals surface area contributed by atoms with E-state index in [2.05, 4.69) is 6.58 Å². The summed E-state index contributed by atoms with van der Waals surface area (Å²) in [6, 6.07) is 0. The van der Waals surface area contributed by atoms with E-state index in [1.165, 1.54) is 14.2 Å². The van der Waals surface area contributed by atoms with Gasteiger partial charge >= 0.3 is 8.56 Å². The Labute approximate surface area is 68.9 Å². The lowest BCUT2D eigenvalue weighted by molar-refractivity contribution is 0.147. The van der Waals surface area contributed by atoms with Crippen LogP contribution in [-0.2, 0) is 8.85 Å². The average Bonchev–Trinajstić information content (AvgIpc) is 2.08. The highest BCUT2D eigenvalue weighted by Gasteiger charge is 2.39. The first-order chi connectivity index (χ1) is 5.16. The fourth-order valence-corrected chi connectivity index (χ4v) is 2.83. The summed E-state index contributed by atoms with van der Waals surface area (Å²) in [4.78, 5) is 0. The Balaban J connectivity index is 4.38. The van der Waals surface area contributed by atoms with Crippen molar-refractivity contribution >= 4 is 8.56 Å². The summed E-state index contributed by atoms with van der Waals surface area (Å²) < 4.78 is 10.3. The molecule has 0 aliphatic heterocycles. The lowest BCUT2D eigenvalue weighted by Gasteiger charge is -2.27. The molecule has 0 rings (SSSR count). The quantitative estimate of drug-likeness (QED) is 0.628. The van der Waals surface area contributed by atoms with Crippen molar-refractivity contribution in [3.05, 3.63) is 12.3 Å². The zero-order valence-corrected chi connectivity index (χ0v) is 8.33. The predicted molar refractivity (Wildman–Crippen MR) is 46.3 cm³/mol. The fourth-order valence-electron chi connectivity index (χ4n) is 0.943. The Morgan fingerprint density at radius 2 is 2.00 bits per heavy atom. The number of rotatable bonds is 5. The summed E-state index contributed by atoms with van der Waals surface area (Å²) in [7, 11) is 0.575. The van der Waals surface area contributed by atoms with Gasteiger partial charge < -0.3 is 14.0 Å². The first-order valence-corrected chi connectivity index (χ1v) is 5.56. The van der Waals surface area contributed by atoms with E-state index in [1.807, 2.05) is 6.92 Å². The van der Waals surface area contributed by atoms with Gasteiger partial charge in [-0.15, -0.1) is 6.58 Å². The van der Waals surface area contributed by atoms with Gasteiger partial charge in [0.2, 0.25) is 0 Å². The Morgan fingerprint density at radius 1 is 1.55 bits per heavy atom. The van der Waals surface area contributed by atoms with E-state index in [1.54, 1.807) is 5.70 Å². The second-order valence-corrected chi connectivity index (χ2v) is 5.59. The minimum atomic E-state index is -2.50. The van der Waals surface area contributed by atoms with Gasteiger partial charge in [0.1, 0.15) is 5.73 Å². The number of aliphatic hydroxyl groups excluding tert-OH is 1. The topological polar surface area (TPSA) is 38.7 Å². The summed E-state index contributed by atoms with van der Waals surface area (Å²) in [5.41, 5.74) is 1.07. The predicted octanol–water partition coefficient (Wildman–Crippen LogP) is 0.757. The van der Waals surface area contributed by atoms with Gasteiger partial charge in [-0.2, -0.15) is 0 Å². The molecule has 3 nitrogen and oxygen atoms in total. The van der Waals surface area contributed by atoms with Crippen LogP contribution in [0.25, 0.3) is 0 Å². The summed E-state index contributed by atoms with van der Waals surface area (Å²) in [5, 5.41) is 9.51. The molecule has 0 aromatic rings. The van der Waals surface area contributed by atoms with Crippen LogP contribution in [0.1, 0.15) is 13.3 Å². The standard InChI is InChI=1S/C7H16O3Si/c1-5-7(8)11(6-2,9-3)10-4/h6-8H,2,5H2,1,3-4H3. The van der Waals surface area contributed by atoms with Crippen molar-refractivity contribution in [3.8, 4) is 0 Å². The second kappa shape index (κ2) is 4.66. The molecule has 0 aliphatic rings. The molecular formula is C7H16O3Si. The number of aliphatic hydroxyl groups is 1. The minimum Gasteiger partial charge on any atom is -0.393 e. The van der Waals surface area contributed by atoms with E-state index >= 15 is 0 Å². The third-order valence-corrected chi connectivity index (χ3v) is 4.96. The first-order valence-electron chi connectivity index (χ1n) is 3.58. The van der Waals surface area contributed by atoms with Crippen LogP contribution in [0.3, 0.4) is 0 Å². The van der Waals surface area contributed by atoms with Crippen molar-refractivity contribution < 1.29 is 14.0 Å². The lowest BCUT2D eigenvalue weighted by Crippen LogP contribution is -2.50. The maximum absolute atomic E-state index is 9.51. The third-order valence-electron chi connectivity index (χ3n) is 1.77. The summed E-state index contributed by atoms with van der Waals surface area (Å²) >= 11 is 0. The van der Waals surface area contributed by atoms with Gasteiger partial charge in [-0.3, -0.25) is 0 Å². The zero-order valence-electron chi connectivity index (χ0n) is 7.33. The van der Waals surface area contributed by atoms with Gasteiger partial charge in [0.15, 0.2) is 0 Å². The monoisotopic (exact) mass is 176 g/mol. The van der Waals surface area contributed by atoms with Crippen LogP contribution in [0.4, 0.5) is 0 Å². The molecule has 4 heteroatoms. The molecule has 0 spiro atoms. The van der Waals surface area contributed by atoms with Crippen LogP contribution >= 0.6 is 0 Å². The molecule has 0 aromatic carbocycles. The summed E-state index contributed by atoms with van der Waals surface area (Å²) in [6.45, 7) is 5.48. The minimum absolute atomic E-state index is 0.532. The van der Waals surface area contributed by atoms with E-state index in [-0.39, 0.29) is 0 Å². The van der Waals surface area contributed by atoms with Crippen molar-refractivity contribution in [2.75, 3.05) is 14.2 Å². The van der Waals surface area contributed by atoms with Gasteiger partial charge in [-0.05, 0) is 12.1 Å². The van der Waals surface area contributed by atoms with Crippen LogP contribution in [0, 0.1) is 0 Å². The van der Waals surface area contributed by atoms with Gasteiger partial charge in [0.25, 0.3) is 0 Å². The smallest absolute Gasteiger partial charge is 0.393 e. The molecular weight excluding hydrogens is 160 g/mol. The van der Waals surface area contributed by atoms with E-state index in [0.29, 0.717) is 6.42 Å². The van der Waals surface area contributed by atoms with Crippen LogP contribution in [0.5, 0.6) is 0 Å². The molecule has 0 saturated carbocycles. The molecule has 0 amide bonds. The van der Waals surface area contributed by atoms with Crippen LogP contribution in [0.15, 0.2) is 12.3 Å². The second-order valence-electron chi connectivity index (χ2n) is 2.26. The Kier molecular flexibility index (Phi) is 4.59. The third kappa shape index (κ3) is 2.13. The van der Waals surface area contributed by atoms with Gasteiger partial charge in [-0.25, -0.2) is 0 Å². The highest BCUT2D eigenvalue weighted by Crippen LogP contribution is 2.14. The van der Waals surface area contributed by atoms with Crippen molar-refractivity contribution in [1.29, 1.82) is 0 Å². The first kappa shape index (κ1) is 10.8. The molecule has 0 fully saturated rings. The maximum atomic E-state index is 9.51. The van der Waals surface area contributed by atoms with Gasteiger partial charge in [0.05, 0.1) is 0 Å². The Morgan fingerprint density at radius 3 is 2.09 bits per heavy atom. The lowest BCUT2D eigenvalue weighted by atomic mass is 10.5. The van der Waals surface area contributed by atoms with Crippen LogP contribution < -0.4 is 0 Å². The molecule has 11 heavy (non-hydrogen) atoms. The van der Waals surface area contributed by atoms with Crippen LogP contribution in [0.2, 0.25) is 0 Å². The SMILES string of the molecule is C=C[Si](OC)(OC)C(O)CC. The molecule has 1 N–H and O–H groups in total. The number of hydrogen-bond donors (Lipinski definition) is 1. The highest BCUT2D eigenvalue weighted by atomic mass is 28.4. The van der Waals surface area contributed by atoms with Crippen molar-refractivity contribution in [2.24, 2.45) is 0 Å². The molecule has 0 bridgehead atoms. The zero-order chi connectivity index (χ0) is 8.91. The van der Waals surface area contributed by atoms with E-state index in [0.717, 1.165) is 0 Å². The van der Waals surface area contributed by atoms with Crippen molar-refractivity contribution in [2.45, 2.75) is 19.1 Å². The normalized spacial score (nSPS) is 14.5. The van der Waals surface area contributed by atoms with Crippen molar-refractivity contribution in [3.63, 3.8) is 0 Å². The molecule has 66 valence electrons. The maximum Gasteiger partial charge on any atom is 0.393 e. The number of hydrogen-bond acceptors (Lipinski definition) is 3. The van der Waals surface area contributed by atoms with E-state index < -0.39 is 14.3 Å². The van der Waals surface area contributed by atoms with Crippen molar-refractivity contribution in [1.82, 2.24) is 0 Å². The van der Waals surface area contributed by atoms with Gasteiger partial charge in [0, 0.05) is 14.2 Å². The molecule has 1 unspecified atom stereocenters. The highest BCUT2D eigenvalue weighted by molar-refractivity contribution is 6.73. The molecule has 0 heterocycles. The fraction of sp³-hybridized carbons (Fsp3) is 0.714. The van der Waals surface area contributed by atoms with E-state index in [4.69, 9.17) is 8.85 Å². The molecule has 0 aromatic heterocycles. The summed E-state index contributed by atoms with van der Waals surface area (Å²) in [5.74, 6) is 0. The van der Waals surface area contributed by atoms with E-state index in [9.17, 15) is 5.11 Å². The van der Waals surface area contributed by atoms with Crippen LogP contribution in [-0.4, -0.2) is 33.6 Å². The molecule has 0 aliphatic carbocycles. The molecule has 0 radical (unpaired) electrons. The summed E-state index contributed by atoms with van der Waals surface area (Å²) in [6.07, 6.45) is 0.625. The molecule has 1 atom stereocenters.